The van der Waals surface area contributed by atoms with E-state index in [1.165, 1.54) is 67.0 Å². The Morgan fingerprint density at radius 3 is 1.48 bits per heavy atom. The van der Waals surface area contributed by atoms with Crippen molar-refractivity contribution in [3.05, 3.63) is 108 Å². The number of amides is 6. The van der Waals surface area contributed by atoms with Crippen LogP contribution in [0.15, 0.2) is 91.0 Å². The fourth-order valence-electron chi connectivity index (χ4n) is 7.85. The van der Waals surface area contributed by atoms with E-state index >= 15 is 9.59 Å². The third-order valence-electron chi connectivity index (χ3n) is 12.1. The van der Waals surface area contributed by atoms with Gasteiger partial charge in [-0.15, -0.1) is 0 Å². The number of rotatable bonds is 16. The van der Waals surface area contributed by atoms with Gasteiger partial charge in [-0.3, -0.25) is 28.8 Å². The van der Waals surface area contributed by atoms with Crippen molar-refractivity contribution in [2.75, 3.05) is 100.0 Å². The summed E-state index contributed by atoms with van der Waals surface area (Å²) in [6, 6.07) is 23.4. The first kappa shape index (κ1) is 52.6. The third-order valence-corrected chi connectivity index (χ3v) is 12.1. The van der Waals surface area contributed by atoms with Crippen LogP contribution in [0.4, 0.5) is 5.69 Å². The van der Waals surface area contributed by atoms with Gasteiger partial charge >= 0.3 is 0 Å². The highest BCUT2D eigenvalue weighted by atomic mass is 16.5. The van der Waals surface area contributed by atoms with E-state index in [0.29, 0.717) is 46.3 Å². The second-order valence-corrected chi connectivity index (χ2v) is 16.4. The maximum absolute atomic E-state index is 15.2. The van der Waals surface area contributed by atoms with Crippen LogP contribution in [0.5, 0.6) is 28.7 Å². The largest absolute Gasteiger partial charge is 0.497 e. The lowest BCUT2D eigenvalue weighted by Gasteiger charge is -2.36. The van der Waals surface area contributed by atoms with Crippen molar-refractivity contribution in [3.8, 4) is 28.7 Å². The molecule has 0 aliphatic carbocycles. The molecule has 0 bridgehead atoms. The van der Waals surface area contributed by atoms with Gasteiger partial charge in [-0.25, -0.2) is 0 Å². The van der Waals surface area contributed by atoms with Crippen molar-refractivity contribution < 1.29 is 57.2 Å². The minimum Gasteiger partial charge on any atom is -0.497 e. The molecule has 0 aromatic heterocycles. The molecule has 4 aromatic rings. The van der Waals surface area contributed by atoms with Gasteiger partial charge in [0, 0.05) is 38.4 Å². The number of carbonyl (C=O) groups is 6. The van der Waals surface area contributed by atoms with Crippen LogP contribution in [0.1, 0.15) is 49.5 Å². The van der Waals surface area contributed by atoms with Crippen molar-refractivity contribution in [2.45, 2.75) is 45.3 Å². The Kier molecular flexibility index (Phi) is 19.2. The summed E-state index contributed by atoms with van der Waals surface area (Å²) in [5.74, 6) is -1.28. The molecule has 0 radical (unpaired) electrons. The molecule has 69 heavy (non-hydrogen) atoms. The highest BCUT2D eigenvalue weighted by Crippen LogP contribution is 2.31. The molecule has 3 atom stereocenters. The fourth-order valence-corrected chi connectivity index (χ4v) is 7.85. The number of carbonyl (C=O) groups excluding carboxylic acids is 6. The minimum absolute atomic E-state index is 0.0207. The average Bonchev–Trinajstić information content (AvgIpc) is 3.37. The van der Waals surface area contributed by atoms with Gasteiger partial charge in [0.2, 0.25) is 35.4 Å². The van der Waals surface area contributed by atoms with E-state index in [2.05, 4.69) is 5.32 Å². The molecule has 1 aliphatic heterocycles. The van der Waals surface area contributed by atoms with Crippen molar-refractivity contribution in [1.82, 2.24) is 24.9 Å². The molecular weight excluding hydrogens is 889 g/mol. The summed E-state index contributed by atoms with van der Waals surface area (Å²) in [6.45, 7) is 2.43. The van der Waals surface area contributed by atoms with Gasteiger partial charge < -0.3 is 58.2 Å². The maximum atomic E-state index is 15.2. The molecule has 370 valence electrons. The van der Waals surface area contributed by atoms with Gasteiger partial charge in [0.25, 0.3) is 0 Å². The SMILES string of the molecule is COCCN1CC(=O)N(CCc2ccc(OC)cc2)CC(=O)N(c2cc(OC)cc(OC)c2)CC(=O)N(C(C)c2ccc(OC)cc2)CC(=O)N(C(C)c2ccc(OC)cc2)CC(=O)N[C@H](C)C1=O. The predicted molar refractivity (Wildman–Crippen MR) is 257 cm³/mol. The molecule has 1 saturated heterocycles. The van der Waals surface area contributed by atoms with Crippen molar-refractivity contribution >= 4 is 41.1 Å². The number of methoxy groups -OCH3 is 6. The lowest BCUT2D eigenvalue weighted by molar-refractivity contribution is -0.146. The zero-order valence-electron chi connectivity index (χ0n) is 40.9. The Labute approximate surface area is 403 Å². The molecule has 1 aliphatic rings. The van der Waals surface area contributed by atoms with Gasteiger partial charge in [-0.05, 0) is 80.3 Å². The van der Waals surface area contributed by atoms with E-state index in [0.717, 1.165) is 5.56 Å². The topological polar surface area (TPSA) is 186 Å². The quantitative estimate of drug-likeness (QED) is 0.168. The zero-order chi connectivity index (χ0) is 50.2. The van der Waals surface area contributed by atoms with Gasteiger partial charge in [0.15, 0.2) is 0 Å². The predicted octanol–water partition coefficient (Wildman–Crippen LogP) is 4.31. The monoisotopic (exact) mass is 952 g/mol. The van der Waals surface area contributed by atoms with Crippen LogP contribution in [-0.4, -0.2) is 156 Å². The van der Waals surface area contributed by atoms with Crippen molar-refractivity contribution in [2.24, 2.45) is 0 Å². The smallest absolute Gasteiger partial charge is 0.247 e. The fraction of sp³-hybridized carbons (Fsp3) is 0.412. The van der Waals surface area contributed by atoms with Gasteiger partial charge in [-0.2, -0.15) is 0 Å². The summed E-state index contributed by atoms with van der Waals surface area (Å²) in [6.07, 6.45) is 0.314. The number of benzene rings is 4. The van der Waals surface area contributed by atoms with Gasteiger partial charge in [-0.1, -0.05) is 36.4 Å². The Morgan fingerprint density at radius 1 is 0.522 bits per heavy atom. The Hall–Kier alpha value is -7.34. The van der Waals surface area contributed by atoms with E-state index in [1.54, 1.807) is 99.8 Å². The van der Waals surface area contributed by atoms with E-state index in [-0.39, 0.29) is 25.4 Å². The first-order valence-corrected chi connectivity index (χ1v) is 22.5. The second kappa shape index (κ2) is 25.1. The zero-order valence-corrected chi connectivity index (χ0v) is 40.9. The number of hydrogen-bond donors (Lipinski definition) is 1. The maximum Gasteiger partial charge on any atom is 0.247 e. The molecule has 5 rings (SSSR count). The molecule has 18 heteroatoms. The number of hydrogen-bond acceptors (Lipinski definition) is 12. The van der Waals surface area contributed by atoms with Crippen LogP contribution in [-0.2, 0) is 39.9 Å². The number of anilines is 1. The van der Waals surface area contributed by atoms with E-state index in [9.17, 15) is 19.2 Å². The van der Waals surface area contributed by atoms with Crippen LogP contribution in [0.25, 0.3) is 0 Å². The van der Waals surface area contributed by atoms with Crippen molar-refractivity contribution in [3.63, 3.8) is 0 Å². The average molecular weight is 953 g/mol. The lowest BCUT2D eigenvalue weighted by Crippen LogP contribution is -2.55. The highest BCUT2D eigenvalue weighted by molar-refractivity contribution is 6.02. The molecule has 0 spiro atoms. The molecule has 0 saturated carbocycles. The third kappa shape index (κ3) is 14.1. The molecule has 6 amide bonds. The van der Waals surface area contributed by atoms with Crippen LogP contribution in [0, 0.1) is 0 Å². The highest BCUT2D eigenvalue weighted by Gasteiger charge is 2.35. The van der Waals surface area contributed by atoms with E-state index < -0.39 is 86.3 Å². The van der Waals surface area contributed by atoms with Crippen LogP contribution in [0.2, 0.25) is 0 Å². The summed E-state index contributed by atoms with van der Waals surface area (Å²) in [4.78, 5) is 94.5. The number of nitrogens with zero attached hydrogens (tertiary/aromatic N) is 5. The first-order valence-electron chi connectivity index (χ1n) is 22.5. The summed E-state index contributed by atoms with van der Waals surface area (Å²) >= 11 is 0. The van der Waals surface area contributed by atoms with Crippen LogP contribution in [0.3, 0.4) is 0 Å². The van der Waals surface area contributed by atoms with Crippen molar-refractivity contribution in [1.29, 1.82) is 0 Å². The lowest BCUT2D eigenvalue weighted by atomic mass is 10.0. The number of nitrogens with one attached hydrogen (secondary N) is 1. The summed E-state index contributed by atoms with van der Waals surface area (Å²) in [7, 11) is 8.98. The molecule has 1 N–H and O–H groups in total. The standard InChI is InChI=1S/C51H64N6O12/c1-34-51(63)54(24-25-64-4)30-47(59)53(23-22-37-10-16-41(65-5)17-11-37)31-48(60)57(40-26-44(68-8)28-45(27-40)69-9)33-50(62)56(36(3)39-14-20-43(67-7)21-15-39)32-49(61)55(29-46(58)52-34)35(2)38-12-18-42(66-6)19-13-38/h10-21,26-28,34-36H,22-25,29-33H2,1-9H3,(H,52,58)/t34-,35?,36?/m1/s1. The normalized spacial score (nSPS) is 16.9. The Balaban J connectivity index is 1.66. The summed E-state index contributed by atoms with van der Waals surface area (Å²) < 4.78 is 32.5. The Morgan fingerprint density at radius 2 is 0.986 bits per heavy atom. The van der Waals surface area contributed by atoms with Crippen LogP contribution >= 0.6 is 0 Å². The van der Waals surface area contributed by atoms with E-state index in [1.807, 2.05) is 12.1 Å². The first-order chi connectivity index (χ1) is 33.1. The molecule has 1 fully saturated rings. The second-order valence-electron chi connectivity index (χ2n) is 16.4. The van der Waals surface area contributed by atoms with Gasteiger partial charge in [0.1, 0.15) is 61.0 Å². The van der Waals surface area contributed by atoms with Gasteiger partial charge in [0.05, 0.1) is 66.5 Å². The van der Waals surface area contributed by atoms with Crippen LogP contribution < -0.4 is 33.9 Å². The number of ether oxygens (including phenoxy) is 6. The molecule has 4 aromatic carbocycles. The summed E-state index contributed by atoms with van der Waals surface area (Å²) in [5.41, 5.74) is 2.36. The Bertz CT molecular complexity index is 2360. The molecular formula is C51H64N6O12. The molecule has 1 heterocycles. The molecule has 18 nitrogen and oxygen atoms in total. The van der Waals surface area contributed by atoms with E-state index in [4.69, 9.17) is 28.4 Å². The molecule has 2 unspecified atom stereocenters. The minimum atomic E-state index is -1.16. The summed E-state index contributed by atoms with van der Waals surface area (Å²) in [5, 5.41) is 2.73.